The minimum absolute atomic E-state index is 0.0364. The second kappa shape index (κ2) is 16.6. The summed E-state index contributed by atoms with van der Waals surface area (Å²) in [6, 6.07) is 18.4. The quantitative estimate of drug-likeness (QED) is 0.134. The number of amides is 2. The number of nitrogens with zero attached hydrogens (tertiary/aromatic N) is 2. The van der Waals surface area contributed by atoms with Crippen LogP contribution in [0.5, 0.6) is 23.0 Å². The van der Waals surface area contributed by atoms with Crippen LogP contribution in [-0.2, 0) is 27.5 Å². The van der Waals surface area contributed by atoms with Crippen molar-refractivity contribution in [3.8, 4) is 23.0 Å². The first-order valence-corrected chi connectivity index (χ1v) is 18.8. The lowest BCUT2D eigenvalue weighted by Crippen LogP contribution is -2.61. The Morgan fingerprint density at radius 2 is 1.56 bits per heavy atom. The molecule has 14 heteroatoms. The number of halogens is 1. The Kier molecular flexibility index (Phi) is 11.9. The number of fused-ring (bicyclic) bond motifs is 1. The molecule has 3 aliphatic rings. The largest absolute Gasteiger partial charge is 0.539 e. The van der Waals surface area contributed by atoms with Crippen molar-refractivity contribution in [3.63, 3.8) is 0 Å². The smallest absolute Gasteiger partial charge is 0.337 e. The van der Waals surface area contributed by atoms with E-state index in [1.807, 2.05) is 55.5 Å². The highest BCUT2D eigenvalue weighted by Gasteiger charge is 2.52. The Bertz CT molecular complexity index is 1820. The van der Waals surface area contributed by atoms with Gasteiger partial charge in [0.1, 0.15) is 37.0 Å². The minimum Gasteiger partial charge on any atom is -0.539 e. The zero-order valence-electron chi connectivity index (χ0n) is 29.9. The van der Waals surface area contributed by atoms with E-state index in [9.17, 15) is 14.4 Å². The summed E-state index contributed by atoms with van der Waals surface area (Å²) < 4.78 is 28.8. The molecule has 11 nitrogen and oxygen atoms in total. The van der Waals surface area contributed by atoms with E-state index in [1.165, 1.54) is 8.05 Å². The van der Waals surface area contributed by atoms with E-state index in [0.29, 0.717) is 41.3 Å². The van der Waals surface area contributed by atoms with Crippen LogP contribution in [0.2, 0.25) is 5.02 Å². The molecule has 2 saturated heterocycles. The summed E-state index contributed by atoms with van der Waals surface area (Å²) in [5, 5.41) is 3.19. The van der Waals surface area contributed by atoms with Gasteiger partial charge in [0, 0.05) is 24.2 Å². The molecule has 52 heavy (non-hydrogen) atoms. The third-order valence-electron chi connectivity index (χ3n) is 10.0. The molecule has 3 aliphatic heterocycles. The van der Waals surface area contributed by atoms with Gasteiger partial charge in [-0.25, -0.2) is 4.79 Å². The number of β-lactam (4-membered cyclic amide) rings is 1. The van der Waals surface area contributed by atoms with Gasteiger partial charge in [-0.3, -0.25) is 14.5 Å². The Morgan fingerprint density at radius 3 is 2.15 bits per heavy atom. The van der Waals surface area contributed by atoms with Gasteiger partial charge in [-0.15, -0.1) is 11.8 Å². The average Bonchev–Trinajstić information content (AvgIpc) is 3.64. The number of nitrogens with one attached hydrogen (secondary N) is 1. The molecule has 0 spiro atoms. The van der Waals surface area contributed by atoms with Gasteiger partial charge in [-0.05, 0) is 47.5 Å². The van der Waals surface area contributed by atoms with Crippen LogP contribution in [0.3, 0.4) is 0 Å². The second-order valence-electron chi connectivity index (χ2n) is 13.3. The van der Waals surface area contributed by atoms with E-state index < -0.39 is 5.97 Å². The molecule has 0 radical (unpaired) electrons. The molecule has 0 aromatic heterocycles. The van der Waals surface area contributed by atoms with Crippen molar-refractivity contribution in [2.45, 2.75) is 38.4 Å². The molecule has 3 aromatic carbocycles. The molecular weight excluding hydrogens is 705 g/mol. The SMILES string of the molecule is BOC(=O)C1=C(C[N+]2(CCNC(=O)c3ccc(OCc4ccc(OC)cc4)c(OCc4ccc(OC)cc4)c3Cl)CCCC2)CS[C@@H]2[C@H](C)C(=O)N12. The fraction of sp³-hybridized carbons (Fsp3) is 0.395. The number of carbonyl (C=O) groups is 3. The van der Waals surface area contributed by atoms with Gasteiger partial charge in [0.25, 0.3) is 5.91 Å². The predicted molar refractivity (Wildman–Crippen MR) is 201 cm³/mol. The van der Waals surface area contributed by atoms with Crippen molar-refractivity contribution in [3.05, 3.63) is 93.6 Å². The molecule has 0 aliphatic carbocycles. The Hall–Kier alpha value is -4.33. The number of likely N-dealkylation sites (tertiary alicyclic amines) is 1. The topological polar surface area (TPSA) is 113 Å². The maximum atomic E-state index is 13.7. The lowest BCUT2D eigenvalue weighted by atomic mass is 9.97. The van der Waals surface area contributed by atoms with E-state index in [-0.39, 0.29) is 52.7 Å². The number of benzene rings is 3. The van der Waals surface area contributed by atoms with Crippen LogP contribution in [0.4, 0.5) is 0 Å². The molecule has 3 heterocycles. The molecule has 3 aromatic rings. The van der Waals surface area contributed by atoms with Crippen LogP contribution in [-0.4, -0.2) is 93.3 Å². The highest BCUT2D eigenvalue weighted by molar-refractivity contribution is 8.00. The van der Waals surface area contributed by atoms with Gasteiger partial charge >= 0.3 is 14.0 Å². The summed E-state index contributed by atoms with van der Waals surface area (Å²) in [6.07, 6.45) is 2.09. The van der Waals surface area contributed by atoms with Crippen LogP contribution in [0.1, 0.15) is 41.3 Å². The molecule has 2 atom stereocenters. The maximum absolute atomic E-state index is 13.7. The van der Waals surface area contributed by atoms with Gasteiger partial charge < -0.3 is 33.4 Å². The van der Waals surface area contributed by atoms with Crippen molar-refractivity contribution >= 4 is 49.2 Å². The summed E-state index contributed by atoms with van der Waals surface area (Å²) in [5.74, 6) is 1.85. The number of hydrogen-bond acceptors (Lipinski definition) is 9. The Morgan fingerprint density at radius 1 is 0.942 bits per heavy atom. The van der Waals surface area contributed by atoms with Crippen LogP contribution in [0.25, 0.3) is 0 Å². The zero-order chi connectivity index (χ0) is 36.8. The number of rotatable bonds is 15. The third-order valence-corrected chi connectivity index (χ3v) is 11.9. The Labute approximate surface area is 314 Å². The number of thioether (sulfide) groups is 1. The van der Waals surface area contributed by atoms with Crippen LogP contribution in [0, 0.1) is 5.92 Å². The second-order valence-corrected chi connectivity index (χ2v) is 14.8. The molecule has 274 valence electrons. The van der Waals surface area contributed by atoms with E-state index >= 15 is 0 Å². The highest BCUT2D eigenvalue weighted by atomic mass is 35.5. The zero-order valence-corrected chi connectivity index (χ0v) is 31.5. The standard InChI is InChI=1S/C38H43BClN3O8S/c1-24-36(45)42-33(38(46)51-39)27(23-52-37(24)42)20-43(17-4-5-18-43)19-16-41-35(44)30-14-15-31(49-21-25-6-10-28(47-2)11-7-25)34(32(30)40)50-22-26-8-12-29(48-3)13-9-26/h6-15,24,37H,4-5,16-23,39H2,1-3H3/p+1/t24-,37-/m1/s1. The Balaban J connectivity index is 1.17. The lowest BCUT2D eigenvalue weighted by molar-refractivity contribution is -0.911. The number of quaternary nitrogens is 1. The molecule has 2 amide bonds. The fourth-order valence-corrected chi connectivity index (χ4v) is 8.70. The van der Waals surface area contributed by atoms with Crippen molar-refractivity contribution in [2.24, 2.45) is 5.92 Å². The number of ether oxygens (including phenoxy) is 4. The van der Waals surface area contributed by atoms with Crippen molar-refractivity contribution in [1.82, 2.24) is 10.2 Å². The van der Waals surface area contributed by atoms with Crippen molar-refractivity contribution in [1.29, 1.82) is 0 Å². The van der Waals surface area contributed by atoms with Crippen LogP contribution < -0.4 is 24.3 Å². The highest BCUT2D eigenvalue weighted by Crippen LogP contribution is 2.44. The van der Waals surface area contributed by atoms with Gasteiger partial charge in [-0.2, -0.15) is 0 Å². The van der Waals surface area contributed by atoms with Gasteiger partial charge in [-0.1, -0.05) is 42.8 Å². The third kappa shape index (κ3) is 8.01. The first-order chi connectivity index (χ1) is 25.2. The van der Waals surface area contributed by atoms with E-state index in [2.05, 4.69) is 5.32 Å². The van der Waals surface area contributed by atoms with Gasteiger partial charge in [0.05, 0.1) is 62.3 Å². The number of hydrogen-bond donors (Lipinski definition) is 1. The normalized spacial score (nSPS) is 19.0. The van der Waals surface area contributed by atoms with E-state index in [1.54, 1.807) is 43.0 Å². The molecule has 0 bridgehead atoms. The first kappa shape index (κ1) is 37.4. The maximum Gasteiger partial charge on any atom is 0.337 e. The van der Waals surface area contributed by atoms with Gasteiger partial charge in [0.15, 0.2) is 11.5 Å². The van der Waals surface area contributed by atoms with E-state index in [0.717, 1.165) is 54.1 Å². The average molecular weight is 749 g/mol. The minimum atomic E-state index is -0.470. The van der Waals surface area contributed by atoms with Gasteiger partial charge in [0.2, 0.25) is 5.91 Å². The molecule has 0 unspecified atom stereocenters. The number of carbonyl (C=O) groups excluding carboxylic acids is 3. The molecule has 0 saturated carbocycles. The van der Waals surface area contributed by atoms with Crippen molar-refractivity contribution in [2.75, 3.05) is 52.7 Å². The monoisotopic (exact) mass is 748 g/mol. The molecule has 6 rings (SSSR count). The summed E-state index contributed by atoms with van der Waals surface area (Å²) in [7, 11) is 4.58. The summed E-state index contributed by atoms with van der Waals surface area (Å²) in [6.45, 7) is 5.84. The first-order valence-electron chi connectivity index (χ1n) is 17.4. The molecular formula is C38H44BClN3O8S+. The molecule has 1 N–H and O–H groups in total. The van der Waals surface area contributed by atoms with Crippen LogP contribution in [0.15, 0.2) is 71.9 Å². The number of methoxy groups -OCH3 is 2. The summed E-state index contributed by atoms with van der Waals surface area (Å²) in [5.41, 5.74) is 3.40. The molecule has 2 fully saturated rings. The summed E-state index contributed by atoms with van der Waals surface area (Å²) in [4.78, 5) is 41.0. The summed E-state index contributed by atoms with van der Waals surface area (Å²) >= 11 is 8.62. The van der Waals surface area contributed by atoms with E-state index in [4.69, 9.17) is 35.2 Å². The van der Waals surface area contributed by atoms with Crippen LogP contribution >= 0.6 is 23.4 Å². The predicted octanol–water partition coefficient (Wildman–Crippen LogP) is 4.75. The fourth-order valence-electron chi connectivity index (χ4n) is 7.04. The lowest BCUT2D eigenvalue weighted by Gasteiger charge is -2.49. The van der Waals surface area contributed by atoms with Crippen molar-refractivity contribution < 1.29 is 42.5 Å².